The van der Waals surface area contributed by atoms with E-state index in [2.05, 4.69) is 106 Å². The van der Waals surface area contributed by atoms with Crippen molar-refractivity contribution >= 4 is 146 Å². The molecule has 3 N–H and O–H groups in total. The number of rotatable bonds is 14. The molecule has 2 unspecified atom stereocenters. The fraction of sp³-hybridized carbons (Fsp3) is 0.342. The molecule has 3 amide bonds. The number of hydrogen-bond donors (Lipinski definition) is 3. The van der Waals surface area contributed by atoms with E-state index in [4.69, 9.17) is 84.9 Å². The van der Waals surface area contributed by atoms with Crippen molar-refractivity contribution in [3.8, 4) is 50.1 Å². The Bertz CT molecular complexity index is 4670. The van der Waals surface area contributed by atoms with E-state index in [1.807, 2.05) is 112 Å². The highest BCUT2D eigenvalue weighted by molar-refractivity contribution is 9.11. The molecule has 0 spiro atoms. The first kappa shape index (κ1) is 74.5. The Morgan fingerprint density at radius 2 is 0.882 bits per heavy atom. The van der Waals surface area contributed by atoms with Crippen LogP contribution in [0.5, 0.6) is 0 Å². The minimum Gasteiger partial charge on any atom is -0.353 e. The Kier molecular flexibility index (Phi) is 24.6. The maximum absolute atomic E-state index is 13.6. The first-order valence-corrected chi connectivity index (χ1v) is 40.5. The number of halogens is 9. The van der Waals surface area contributed by atoms with Crippen LogP contribution in [-0.4, -0.2) is 71.2 Å². The third-order valence-electron chi connectivity index (χ3n) is 20.2. The Balaban J connectivity index is 0.000000137. The third-order valence-corrected chi connectivity index (χ3v) is 24.5. The monoisotopic (exact) mass is 1690 g/mol. The summed E-state index contributed by atoms with van der Waals surface area (Å²) in [7, 11) is 0. The summed E-state index contributed by atoms with van der Waals surface area (Å²) in [5.74, 6) is -0.152. The van der Waals surface area contributed by atoms with E-state index in [0.29, 0.717) is 36.1 Å². The molecule has 4 aromatic heterocycles. The van der Waals surface area contributed by atoms with E-state index in [9.17, 15) is 14.4 Å². The third kappa shape index (κ3) is 16.9. The molecule has 5 aliphatic rings. The van der Waals surface area contributed by atoms with Crippen LogP contribution < -0.4 is 16.1 Å². The molecule has 5 atom stereocenters. The molecule has 4 aliphatic carbocycles. The highest BCUT2D eigenvalue weighted by Gasteiger charge is 2.39. The molecule has 1 aliphatic heterocycles. The zero-order valence-electron chi connectivity index (χ0n) is 56.4. The van der Waals surface area contributed by atoms with Gasteiger partial charge in [-0.1, -0.05) is 182 Å². The number of thiophene rings is 1. The Labute approximate surface area is 655 Å². The molecule has 13 nitrogen and oxygen atoms in total. The number of benzene rings is 6. The van der Waals surface area contributed by atoms with Crippen LogP contribution in [0.4, 0.5) is 0 Å². The SMILES string of the molecule is C[C@@H](NC(=O)C1CCCc2c1nn(-c1ccc(Cl)cc1Cl)c2-c1ccc(Br)cc1)C1CCCCC1.C[C@@H](NC(=O)[C@H]1CCCc2c1nn(-c1ccc(Cl)cc1Cl)c2-c1ccc(Br)cc1)c1ccccc1.O=C(NN1CCCCC1)C1CCCc2c1nn(-c1ccc(Cl)cc1Cl)c2-c1ccc(Br)s1. The molecule has 0 bridgehead atoms. The summed E-state index contributed by atoms with van der Waals surface area (Å²) in [5, 5.41) is 27.0. The van der Waals surface area contributed by atoms with Crippen LogP contribution in [0.15, 0.2) is 158 Å². The van der Waals surface area contributed by atoms with Crippen LogP contribution in [0.2, 0.25) is 30.1 Å². The average Bonchev–Trinajstić information content (AvgIpc) is 1.61. The van der Waals surface area contributed by atoms with E-state index < -0.39 is 0 Å². The molecule has 23 heteroatoms. The number of aromatic nitrogens is 6. The van der Waals surface area contributed by atoms with Gasteiger partial charge in [-0.05, 0) is 216 Å². The highest BCUT2D eigenvalue weighted by Crippen LogP contribution is 2.46. The lowest BCUT2D eigenvalue weighted by Crippen LogP contribution is -2.47. The van der Waals surface area contributed by atoms with Crippen LogP contribution in [0.25, 0.3) is 50.1 Å². The van der Waals surface area contributed by atoms with Crippen LogP contribution >= 0.6 is 129 Å². The lowest BCUT2D eigenvalue weighted by molar-refractivity contribution is -0.128. The van der Waals surface area contributed by atoms with Gasteiger partial charge in [0.05, 0.1) is 98.8 Å². The van der Waals surface area contributed by atoms with Gasteiger partial charge in [-0.3, -0.25) is 19.8 Å². The summed E-state index contributed by atoms with van der Waals surface area (Å²) >= 11 is 50.6. The van der Waals surface area contributed by atoms with Crippen molar-refractivity contribution in [1.29, 1.82) is 0 Å². The molecule has 10 aromatic rings. The second kappa shape index (κ2) is 33.8. The Hall–Kier alpha value is -5.80. The quantitative estimate of drug-likeness (QED) is 0.0983. The summed E-state index contributed by atoms with van der Waals surface area (Å²) in [6.07, 6.45) is 17.5. The van der Waals surface area contributed by atoms with Gasteiger partial charge in [-0.15, -0.1) is 11.3 Å². The van der Waals surface area contributed by atoms with Gasteiger partial charge in [0.25, 0.3) is 0 Å². The number of fused-ring (bicyclic) bond motifs is 3. The van der Waals surface area contributed by atoms with Crippen molar-refractivity contribution in [1.82, 2.24) is 50.4 Å². The lowest BCUT2D eigenvalue weighted by atomic mass is 9.83. The number of hydrazine groups is 1. The van der Waals surface area contributed by atoms with Crippen molar-refractivity contribution in [3.05, 3.63) is 228 Å². The van der Waals surface area contributed by atoms with Crippen LogP contribution in [-0.2, 0) is 33.6 Å². The van der Waals surface area contributed by atoms with E-state index in [-0.39, 0.29) is 47.6 Å². The molecule has 1 saturated heterocycles. The van der Waals surface area contributed by atoms with Crippen LogP contribution in [0, 0.1) is 5.92 Å². The average molecular weight is 1700 g/mol. The number of nitrogens with zero attached hydrogens (tertiary/aromatic N) is 7. The van der Waals surface area contributed by atoms with Crippen LogP contribution in [0.1, 0.15) is 167 Å². The Morgan fingerprint density at radius 3 is 1.32 bits per heavy atom. The topological polar surface area (TPSA) is 144 Å². The van der Waals surface area contributed by atoms with E-state index >= 15 is 0 Å². The fourth-order valence-corrected chi connectivity index (χ4v) is 18.5. The number of hydrogen-bond acceptors (Lipinski definition) is 8. The standard InChI is InChI=1S/C28H30BrCl2N3O.C28H24BrCl2N3O.C23H23BrCl2N4OS/c2*1-17(18-6-3-2-4-7-18)32-28(35)23-9-5-8-22-26(23)33-34(25-15-14-21(30)16-24(25)31)27(22)19-10-12-20(29)13-11-19;24-20-10-9-19(32-20)22-15-5-4-6-16(23(31)28-29-11-2-1-3-12-29)21(15)27-30(22)18-8-7-14(25)13-17(18)26/h10-18,23H,2-9H2,1H3,(H,32,35);2-4,6-7,10-17,23H,5,8-9H2,1H3,(H,32,35);7-10,13,16H,1-6,11-12H2,(H,28,31)/t17-,23?;17-,23+;/m11./s1. The van der Waals surface area contributed by atoms with Gasteiger partial charge in [0, 0.05) is 71.0 Å². The molecular formula is C79H77Br3Cl6N10O3S. The summed E-state index contributed by atoms with van der Waals surface area (Å²) in [6, 6.07) is 46.9. The largest absolute Gasteiger partial charge is 0.353 e. The van der Waals surface area contributed by atoms with E-state index in [0.717, 1.165) is 186 Å². The molecule has 5 heterocycles. The second-order valence-corrected chi connectivity index (χ2v) is 33.8. The van der Waals surface area contributed by atoms with Gasteiger partial charge in [0.1, 0.15) is 0 Å². The van der Waals surface area contributed by atoms with Gasteiger partial charge in [-0.25, -0.2) is 19.1 Å². The van der Waals surface area contributed by atoms with Crippen molar-refractivity contribution in [2.75, 3.05) is 13.1 Å². The molecule has 102 heavy (non-hydrogen) atoms. The van der Waals surface area contributed by atoms with Gasteiger partial charge in [0.15, 0.2) is 0 Å². The van der Waals surface area contributed by atoms with Gasteiger partial charge >= 0.3 is 0 Å². The predicted octanol–water partition coefficient (Wildman–Crippen LogP) is 22.6. The first-order valence-electron chi connectivity index (χ1n) is 35.1. The van der Waals surface area contributed by atoms with Gasteiger partial charge in [-0.2, -0.15) is 15.3 Å². The molecule has 2 fully saturated rings. The minimum absolute atomic E-state index is 0.00323. The summed E-state index contributed by atoms with van der Waals surface area (Å²) in [5.41, 5.74) is 17.4. The van der Waals surface area contributed by atoms with E-state index in [1.54, 1.807) is 35.6 Å². The molecule has 0 radical (unpaired) electrons. The fourth-order valence-electron chi connectivity index (χ4n) is 15.0. The zero-order chi connectivity index (χ0) is 71.3. The molecule has 530 valence electrons. The van der Waals surface area contributed by atoms with Crippen molar-refractivity contribution in [2.24, 2.45) is 5.92 Å². The summed E-state index contributed by atoms with van der Waals surface area (Å²) in [4.78, 5) is 41.4. The normalized spacial score (nSPS) is 18.0. The number of carbonyl (C=O) groups is 3. The number of carbonyl (C=O) groups excluding carboxylic acids is 3. The van der Waals surface area contributed by atoms with Crippen molar-refractivity contribution in [2.45, 2.75) is 153 Å². The first-order chi connectivity index (χ1) is 49.3. The number of piperidine rings is 1. The maximum Gasteiger partial charge on any atom is 0.243 e. The van der Waals surface area contributed by atoms with Crippen molar-refractivity contribution < 1.29 is 14.4 Å². The van der Waals surface area contributed by atoms with Gasteiger partial charge in [0.2, 0.25) is 17.7 Å². The van der Waals surface area contributed by atoms with Crippen molar-refractivity contribution in [3.63, 3.8) is 0 Å². The van der Waals surface area contributed by atoms with E-state index in [1.165, 1.54) is 38.5 Å². The predicted molar refractivity (Wildman–Crippen MR) is 426 cm³/mol. The van der Waals surface area contributed by atoms with Gasteiger partial charge < -0.3 is 10.6 Å². The number of nitrogens with one attached hydrogen (secondary N) is 3. The second-order valence-electron chi connectivity index (χ2n) is 27.0. The molecule has 6 aromatic carbocycles. The summed E-state index contributed by atoms with van der Waals surface area (Å²) < 4.78 is 8.74. The summed E-state index contributed by atoms with van der Waals surface area (Å²) in [6.45, 7) is 6.00. The molecule has 15 rings (SSSR count). The number of amides is 3. The molecule has 1 saturated carbocycles. The zero-order valence-corrected chi connectivity index (χ0v) is 66.5. The minimum atomic E-state index is -0.327. The molecular weight excluding hydrogens is 1620 g/mol. The smallest absolute Gasteiger partial charge is 0.243 e. The lowest BCUT2D eigenvalue weighted by Gasteiger charge is -2.30. The maximum atomic E-state index is 13.6. The highest BCUT2D eigenvalue weighted by atomic mass is 79.9. The van der Waals surface area contributed by atoms with Crippen LogP contribution in [0.3, 0.4) is 0 Å². The Morgan fingerprint density at radius 1 is 0.461 bits per heavy atom.